The minimum atomic E-state index is -1.21. The molecule has 3 heteroatoms. The highest BCUT2D eigenvalue weighted by molar-refractivity contribution is 7.67. The second-order valence-corrected chi connectivity index (χ2v) is 26.0. The molecule has 0 unspecified atom stereocenters. The highest BCUT2D eigenvalue weighted by atomic mass is 31.1. The molecule has 140 valence electrons. The highest BCUT2D eigenvalue weighted by Crippen LogP contribution is 2.64. The maximum atomic E-state index is 2.67. The van der Waals surface area contributed by atoms with Gasteiger partial charge in [0.2, 0.25) is 0 Å². The zero-order chi connectivity index (χ0) is 19.1. The highest BCUT2D eigenvalue weighted by Gasteiger charge is 2.43. The summed E-state index contributed by atoms with van der Waals surface area (Å²) in [6, 6.07) is 0. The first-order valence-electron chi connectivity index (χ1n) is 9.23. The van der Waals surface area contributed by atoms with E-state index in [1.165, 1.54) is 11.6 Å². The van der Waals surface area contributed by atoms with Crippen LogP contribution in [0.25, 0.3) is 0 Å². The smallest absolute Gasteiger partial charge is 0.0559 e. The molecule has 0 aliphatic carbocycles. The van der Waals surface area contributed by atoms with Crippen molar-refractivity contribution in [3.63, 3.8) is 0 Å². The van der Waals surface area contributed by atoms with E-state index >= 15 is 0 Å². The van der Waals surface area contributed by atoms with Crippen LogP contribution < -0.4 is 0 Å². The molecule has 0 fully saturated rings. The van der Waals surface area contributed by atoms with Crippen molar-refractivity contribution in [2.75, 3.05) is 11.6 Å². The van der Waals surface area contributed by atoms with Gasteiger partial charge in [-0.1, -0.05) is 112 Å². The summed E-state index contributed by atoms with van der Waals surface area (Å²) in [6.07, 6.45) is 0. The van der Waals surface area contributed by atoms with Gasteiger partial charge in [-0.05, 0) is 32.2 Å². The molecule has 0 aromatic heterocycles. The second kappa shape index (κ2) is 7.37. The Labute approximate surface area is 152 Å². The topological polar surface area (TPSA) is 0 Å². The van der Waals surface area contributed by atoms with E-state index in [2.05, 4.69) is 96.2 Å². The number of hydrogen-bond acceptors (Lipinski definition) is 0. The van der Waals surface area contributed by atoms with Gasteiger partial charge in [-0.2, -0.15) is 0 Å². The third kappa shape index (κ3) is 8.33. The molecule has 0 spiro atoms. The van der Waals surface area contributed by atoms with Crippen molar-refractivity contribution in [2.24, 2.45) is 0 Å². The van der Waals surface area contributed by atoms with E-state index < -0.39 is 8.07 Å². The molecule has 0 aliphatic rings. The van der Waals surface area contributed by atoms with Gasteiger partial charge in [-0.3, -0.25) is 0 Å². The van der Waals surface area contributed by atoms with Crippen molar-refractivity contribution in [2.45, 2.75) is 117 Å². The van der Waals surface area contributed by atoms with Crippen LogP contribution in [0.2, 0.25) is 13.1 Å². The third-order valence-electron chi connectivity index (χ3n) is 4.41. The predicted molar refractivity (Wildman–Crippen MR) is 120 cm³/mol. The molecule has 0 rings (SSSR count). The molecule has 0 saturated carbocycles. The van der Waals surface area contributed by atoms with E-state index in [1.807, 2.05) is 0 Å². The summed E-state index contributed by atoms with van der Waals surface area (Å²) in [5.41, 5.74) is 0. The zero-order valence-corrected chi connectivity index (χ0v) is 21.6. The zero-order valence-electron chi connectivity index (χ0n) is 18.8. The van der Waals surface area contributed by atoms with Gasteiger partial charge in [-0.15, -0.1) is 0 Å². The van der Waals surface area contributed by atoms with Crippen LogP contribution in [-0.2, 0) is 0 Å². The lowest BCUT2D eigenvalue weighted by Crippen LogP contribution is -2.44. The molecule has 0 atom stereocenters. The molecule has 0 amide bonds. The molecule has 0 bridgehead atoms. The number of rotatable bonds is 4. The van der Waals surface area contributed by atoms with E-state index in [1.54, 1.807) is 0 Å². The Morgan fingerprint density at radius 1 is 0.478 bits per heavy atom. The van der Waals surface area contributed by atoms with E-state index in [-0.39, 0.29) is 15.8 Å². The SMILES string of the molecule is CC(C)(C)P(C[Si](C)(C)CP(C(C)(C)C)C(C)(C)C)C(C)(C)C. The summed E-state index contributed by atoms with van der Waals surface area (Å²) in [4.78, 5) is 0. The van der Waals surface area contributed by atoms with Crippen LogP contribution in [0.3, 0.4) is 0 Å². The van der Waals surface area contributed by atoms with Crippen molar-refractivity contribution in [3.05, 3.63) is 0 Å². The van der Waals surface area contributed by atoms with Crippen molar-refractivity contribution < 1.29 is 0 Å². The minimum absolute atomic E-state index is 0.0390. The lowest BCUT2D eigenvalue weighted by atomic mass is 10.2. The molecule has 0 radical (unpaired) electrons. The van der Waals surface area contributed by atoms with Gasteiger partial charge in [0.05, 0.1) is 8.07 Å². The molecule has 0 heterocycles. The van der Waals surface area contributed by atoms with Crippen LogP contribution in [-0.4, -0.2) is 40.3 Å². The van der Waals surface area contributed by atoms with E-state index in [0.29, 0.717) is 20.6 Å². The molecule has 0 nitrogen and oxygen atoms in total. The van der Waals surface area contributed by atoms with Gasteiger partial charge in [0, 0.05) is 0 Å². The second-order valence-electron chi connectivity index (χ2n) is 12.0. The van der Waals surface area contributed by atoms with Crippen molar-refractivity contribution in [1.29, 1.82) is 0 Å². The average molecular weight is 377 g/mol. The summed E-state index contributed by atoms with van der Waals surface area (Å²) in [7, 11) is -1.13. The van der Waals surface area contributed by atoms with Crippen LogP contribution in [0.1, 0.15) is 83.1 Å². The minimum Gasteiger partial charge on any atom is -0.0984 e. The lowest BCUT2D eigenvalue weighted by molar-refractivity contribution is 0.706. The first kappa shape index (κ1) is 24.1. The van der Waals surface area contributed by atoms with E-state index in [9.17, 15) is 0 Å². The molecule has 0 aliphatic heterocycles. The third-order valence-corrected chi connectivity index (χ3v) is 20.3. The average Bonchev–Trinajstić information content (AvgIpc) is 2.16. The van der Waals surface area contributed by atoms with Crippen LogP contribution in [0, 0.1) is 0 Å². The molecular formula is C20H46P2Si. The molecule has 0 saturated heterocycles. The van der Waals surface area contributed by atoms with Crippen LogP contribution in [0.4, 0.5) is 0 Å². The van der Waals surface area contributed by atoms with Crippen molar-refractivity contribution in [1.82, 2.24) is 0 Å². The van der Waals surface area contributed by atoms with Crippen molar-refractivity contribution in [3.8, 4) is 0 Å². The Morgan fingerprint density at radius 2 is 0.652 bits per heavy atom. The maximum Gasteiger partial charge on any atom is 0.0559 e. The van der Waals surface area contributed by atoms with Crippen LogP contribution in [0.5, 0.6) is 0 Å². The van der Waals surface area contributed by atoms with Crippen LogP contribution in [0.15, 0.2) is 0 Å². The van der Waals surface area contributed by atoms with Crippen molar-refractivity contribution >= 4 is 23.9 Å². The largest absolute Gasteiger partial charge is 0.0984 e. The Bertz CT molecular complexity index is 308. The van der Waals surface area contributed by atoms with Crippen LogP contribution >= 0.6 is 15.8 Å². The van der Waals surface area contributed by atoms with Gasteiger partial charge in [0.25, 0.3) is 0 Å². The van der Waals surface area contributed by atoms with Gasteiger partial charge < -0.3 is 0 Å². The monoisotopic (exact) mass is 376 g/mol. The summed E-state index contributed by atoms with van der Waals surface area (Å²) in [5.74, 6) is 3.06. The first-order valence-corrected chi connectivity index (χ1v) is 15.7. The quantitative estimate of drug-likeness (QED) is 0.345. The summed E-state index contributed by atoms with van der Waals surface area (Å²) < 4.78 is 0. The number of hydrogen-bond donors (Lipinski definition) is 0. The summed E-state index contributed by atoms with van der Waals surface area (Å²) in [6.45, 7) is 35.1. The Hall–Kier alpha value is 1.08. The van der Waals surface area contributed by atoms with Gasteiger partial charge in [-0.25, -0.2) is 0 Å². The molecule has 0 aromatic carbocycles. The first-order chi connectivity index (χ1) is 9.68. The molecule has 0 N–H and O–H groups in total. The maximum absolute atomic E-state index is 2.67. The molecule has 23 heavy (non-hydrogen) atoms. The lowest BCUT2D eigenvalue weighted by Gasteiger charge is -2.49. The summed E-state index contributed by atoms with van der Waals surface area (Å²) >= 11 is 0. The van der Waals surface area contributed by atoms with E-state index in [4.69, 9.17) is 0 Å². The Morgan fingerprint density at radius 3 is 0.783 bits per heavy atom. The summed E-state index contributed by atoms with van der Waals surface area (Å²) in [5, 5.41) is 1.85. The predicted octanol–water partition coefficient (Wildman–Crippen LogP) is 7.93. The normalized spacial score (nSPS) is 15.7. The van der Waals surface area contributed by atoms with E-state index in [0.717, 1.165) is 0 Å². The molecule has 0 aromatic rings. The Kier molecular flexibility index (Phi) is 7.71. The van der Waals surface area contributed by atoms with Gasteiger partial charge in [0.15, 0.2) is 0 Å². The Balaban J connectivity index is 5.47. The fourth-order valence-corrected chi connectivity index (χ4v) is 23.6. The fourth-order valence-electron chi connectivity index (χ4n) is 3.87. The molecular weight excluding hydrogens is 330 g/mol. The standard InChI is InChI=1S/C20H46P2Si/c1-17(2,3)21(18(4,5)6)15-23(13,14)16-22(19(7,8)9)20(10,11)12/h15-16H2,1-14H3. The van der Waals surface area contributed by atoms with Gasteiger partial charge >= 0.3 is 0 Å². The fraction of sp³-hybridized carbons (Fsp3) is 1.00. The van der Waals surface area contributed by atoms with Gasteiger partial charge in [0.1, 0.15) is 0 Å².